The molecule has 2 radical (unpaired) electrons. The van der Waals surface area contributed by atoms with Crippen LogP contribution >= 0.6 is 0 Å². The van der Waals surface area contributed by atoms with Crippen LogP contribution in [0.2, 0.25) is 0 Å². The summed E-state index contributed by atoms with van der Waals surface area (Å²) in [6.07, 6.45) is 0. The minimum Gasteiger partial charge on any atom is -0.313 e. The second kappa shape index (κ2) is 5.33. The van der Waals surface area contributed by atoms with Gasteiger partial charge < -0.3 is 9.13 Å². The number of nitrogens with one attached hydrogen (secondary N) is 1. The zero-order valence-corrected chi connectivity index (χ0v) is 12.6. The van der Waals surface area contributed by atoms with Crippen LogP contribution in [0, 0.1) is 12.3 Å². The van der Waals surface area contributed by atoms with Crippen LogP contribution in [0.1, 0.15) is 15.9 Å². The summed E-state index contributed by atoms with van der Waals surface area (Å²) in [5.74, 6) is -0.0347. The largest absolute Gasteiger partial charge is 0.313 e. The van der Waals surface area contributed by atoms with Crippen molar-refractivity contribution in [1.82, 2.24) is 9.13 Å². The summed E-state index contributed by atoms with van der Waals surface area (Å²) in [5.41, 5.74) is 4.52. The van der Waals surface area contributed by atoms with E-state index in [2.05, 4.69) is 0 Å². The molecular weight excluding hydrogens is 273 g/mol. The van der Waals surface area contributed by atoms with E-state index in [4.69, 9.17) is 13.3 Å². The average Bonchev–Trinajstić information content (AvgIpc) is 2.74. The van der Waals surface area contributed by atoms with Crippen molar-refractivity contribution in [3.05, 3.63) is 59.2 Å². The highest BCUT2D eigenvalue weighted by Crippen LogP contribution is 2.17. The van der Waals surface area contributed by atoms with Gasteiger partial charge in [0, 0.05) is 12.6 Å². The number of hydrogen-bond donors (Lipinski definition) is 1. The topological polar surface area (TPSA) is 50.8 Å². The van der Waals surface area contributed by atoms with E-state index in [1.807, 2.05) is 32.2 Å². The molecule has 4 nitrogen and oxygen atoms in total. The fourth-order valence-corrected chi connectivity index (χ4v) is 2.76. The van der Waals surface area contributed by atoms with E-state index in [9.17, 15) is 4.79 Å². The molecule has 0 unspecified atom stereocenters. The highest BCUT2D eigenvalue weighted by molar-refractivity contribution is 6.32. The molecule has 0 aliphatic carbocycles. The van der Waals surface area contributed by atoms with Gasteiger partial charge in [0.15, 0.2) is 5.78 Å². The maximum atomic E-state index is 12.5. The predicted octanol–water partition coefficient (Wildman–Crippen LogP) is 1.44. The zero-order valence-electron chi connectivity index (χ0n) is 12.6. The van der Waals surface area contributed by atoms with Crippen molar-refractivity contribution in [3.63, 3.8) is 0 Å². The van der Waals surface area contributed by atoms with Crippen molar-refractivity contribution in [2.24, 2.45) is 7.05 Å². The number of imidazole rings is 1. The lowest BCUT2D eigenvalue weighted by Gasteiger charge is -2.05. The van der Waals surface area contributed by atoms with Crippen molar-refractivity contribution in [3.8, 4) is 0 Å². The van der Waals surface area contributed by atoms with E-state index < -0.39 is 0 Å². The van der Waals surface area contributed by atoms with Crippen LogP contribution in [0.25, 0.3) is 11.0 Å². The summed E-state index contributed by atoms with van der Waals surface area (Å²) in [4.78, 5) is 12.5. The number of aryl methyl sites for hydroxylation is 2. The molecule has 3 rings (SSSR count). The van der Waals surface area contributed by atoms with Crippen molar-refractivity contribution >= 4 is 30.1 Å². The van der Waals surface area contributed by atoms with E-state index in [-0.39, 0.29) is 12.3 Å². The van der Waals surface area contributed by atoms with Gasteiger partial charge in [0.2, 0.25) is 5.62 Å². The molecule has 1 aromatic heterocycles. The number of benzene rings is 2. The predicted molar refractivity (Wildman–Crippen MR) is 87.7 cm³/mol. The van der Waals surface area contributed by atoms with Crippen LogP contribution in [0.3, 0.4) is 0 Å². The fraction of sp³-hybridized carbons (Fsp3) is 0.176. The molecule has 0 amide bonds. The third-order valence-corrected chi connectivity index (χ3v) is 3.95. The molecule has 3 aromatic rings. The summed E-state index contributed by atoms with van der Waals surface area (Å²) in [7, 11) is 7.50. The number of hydrogen-bond acceptors (Lipinski definition) is 2. The van der Waals surface area contributed by atoms with Crippen LogP contribution in [0.4, 0.5) is 0 Å². The maximum absolute atomic E-state index is 12.5. The summed E-state index contributed by atoms with van der Waals surface area (Å²) in [5, 5.41) is 8.26. The molecule has 0 bridgehead atoms. The lowest BCUT2D eigenvalue weighted by molar-refractivity contribution is 0.0971. The molecule has 0 spiro atoms. The van der Waals surface area contributed by atoms with Gasteiger partial charge in [-0.15, -0.1) is 0 Å². The van der Waals surface area contributed by atoms with E-state index in [1.54, 1.807) is 33.4 Å². The molecular formula is C17H16BN3O. The Morgan fingerprint density at radius 1 is 1.18 bits per heavy atom. The first-order valence-corrected chi connectivity index (χ1v) is 7.07. The quantitative estimate of drug-likeness (QED) is 0.576. The molecule has 0 saturated carbocycles. The zero-order chi connectivity index (χ0) is 15.9. The second-order valence-corrected chi connectivity index (χ2v) is 5.46. The first-order chi connectivity index (χ1) is 10.5. The number of para-hydroxylation sites is 1. The van der Waals surface area contributed by atoms with Gasteiger partial charge in [-0.05, 0) is 18.6 Å². The summed E-state index contributed by atoms with van der Waals surface area (Å²) in [6.45, 7) is 2.15. The smallest absolute Gasteiger partial charge is 0.203 e. The van der Waals surface area contributed by atoms with E-state index >= 15 is 0 Å². The molecule has 0 saturated heterocycles. The Bertz CT molecular complexity index is 919. The van der Waals surface area contributed by atoms with Gasteiger partial charge in [-0.1, -0.05) is 41.9 Å². The molecule has 1 heterocycles. The molecule has 22 heavy (non-hydrogen) atoms. The number of Topliss-reactive ketones (excluding diaryl/α,β-unsaturated/α-hetero) is 1. The fourth-order valence-electron chi connectivity index (χ4n) is 2.76. The second-order valence-electron chi connectivity index (χ2n) is 5.46. The SMILES string of the molecule is [B]c1ccc(C(=O)Cn2c(=N)n(C)c3c(C)cccc32)cc1. The first-order valence-electron chi connectivity index (χ1n) is 7.07. The van der Waals surface area contributed by atoms with Crippen molar-refractivity contribution < 1.29 is 4.79 Å². The van der Waals surface area contributed by atoms with Crippen molar-refractivity contribution in [2.45, 2.75) is 13.5 Å². The number of nitrogens with zero attached hydrogens (tertiary/aromatic N) is 2. The molecule has 1 N–H and O–H groups in total. The number of ketones is 1. The maximum Gasteiger partial charge on any atom is 0.203 e. The molecule has 5 heteroatoms. The van der Waals surface area contributed by atoms with Gasteiger partial charge in [0.05, 0.1) is 17.6 Å². The van der Waals surface area contributed by atoms with Gasteiger partial charge >= 0.3 is 0 Å². The minimum atomic E-state index is -0.0347. The lowest BCUT2D eigenvalue weighted by Crippen LogP contribution is -2.26. The lowest BCUT2D eigenvalue weighted by atomic mass is 9.94. The Labute approximate surface area is 129 Å². The number of carbonyl (C=O) groups excluding carboxylic acids is 1. The third-order valence-electron chi connectivity index (χ3n) is 3.95. The Hall–Kier alpha value is -2.56. The Morgan fingerprint density at radius 3 is 2.55 bits per heavy atom. The number of carbonyl (C=O) groups is 1. The van der Waals surface area contributed by atoms with Gasteiger partial charge in [-0.2, -0.15) is 0 Å². The molecule has 0 fully saturated rings. The van der Waals surface area contributed by atoms with E-state index in [1.165, 1.54) is 0 Å². The van der Waals surface area contributed by atoms with Gasteiger partial charge in [-0.3, -0.25) is 10.2 Å². The summed E-state index contributed by atoms with van der Waals surface area (Å²) >= 11 is 0. The third kappa shape index (κ3) is 2.28. The van der Waals surface area contributed by atoms with Gasteiger partial charge in [0.25, 0.3) is 0 Å². The summed E-state index contributed by atoms with van der Waals surface area (Å²) < 4.78 is 3.54. The van der Waals surface area contributed by atoms with Gasteiger partial charge in [-0.25, -0.2) is 0 Å². The normalized spacial score (nSPS) is 11.0. The van der Waals surface area contributed by atoms with Crippen molar-refractivity contribution in [1.29, 1.82) is 5.41 Å². The monoisotopic (exact) mass is 289 g/mol. The van der Waals surface area contributed by atoms with E-state index in [0.717, 1.165) is 16.6 Å². The van der Waals surface area contributed by atoms with Gasteiger partial charge in [0.1, 0.15) is 7.85 Å². The summed E-state index contributed by atoms with van der Waals surface area (Å²) in [6, 6.07) is 12.8. The van der Waals surface area contributed by atoms with Crippen LogP contribution in [0.15, 0.2) is 42.5 Å². The molecule has 108 valence electrons. The van der Waals surface area contributed by atoms with Crippen LogP contribution < -0.4 is 11.1 Å². The standard InChI is InChI=1S/C17H16BN3O/c1-11-4-3-5-14-16(11)20(2)17(19)21(14)10-15(22)12-6-8-13(18)9-7-12/h3-9,19H,10H2,1-2H3. The number of fused-ring (bicyclic) bond motifs is 1. The highest BCUT2D eigenvalue weighted by Gasteiger charge is 2.14. The molecule has 0 aliphatic heterocycles. The number of aromatic nitrogens is 2. The molecule has 0 atom stereocenters. The Morgan fingerprint density at radius 2 is 1.86 bits per heavy atom. The van der Waals surface area contributed by atoms with Crippen molar-refractivity contribution in [2.75, 3.05) is 0 Å². The Kier molecular flexibility index (Phi) is 3.49. The highest BCUT2D eigenvalue weighted by atomic mass is 16.1. The van der Waals surface area contributed by atoms with Crippen LogP contribution in [-0.2, 0) is 13.6 Å². The van der Waals surface area contributed by atoms with Crippen LogP contribution in [0.5, 0.6) is 0 Å². The molecule has 0 aliphatic rings. The average molecular weight is 289 g/mol. The van der Waals surface area contributed by atoms with Crippen LogP contribution in [-0.4, -0.2) is 22.8 Å². The van der Waals surface area contributed by atoms with E-state index in [0.29, 0.717) is 16.6 Å². The first kappa shape index (κ1) is 14.4. The Balaban J connectivity index is 2.06. The molecule has 2 aromatic carbocycles. The minimum absolute atomic E-state index is 0.0347. The number of rotatable bonds is 3.